The Labute approximate surface area is 146 Å². The predicted octanol–water partition coefficient (Wildman–Crippen LogP) is 4.56. The number of benzene rings is 2. The van der Waals surface area contributed by atoms with Crippen molar-refractivity contribution in [3.63, 3.8) is 0 Å². The number of hydrogen-bond acceptors (Lipinski definition) is 3. The zero-order valence-corrected chi connectivity index (χ0v) is 14.3. The van der Waals surface area contributed by atoms with E-state index in [9.17, 15) is 4.79 Å². The molecule has 1 N–H and O–H groups in total. The molecule has 2 aromatic carbocycles. The minimum absolute atomic E-state index is 0.0928. The molecule has 2 aromatic rings. The lowest BCUT2D eigenvalue weighted by Gasteiger charge is -2.33. The van der Waals surface area contributed by atoms with Crippen molar-refractivity contribution in [2.45, 2.75) is 20.0 Å². The second-order valence-electron chi connectivity index (χ2n) is 5.54. The van der Waals surface area contributed by atoms with Crippen LogP contribution in [0.4, 0.5) is 16.2 Å². The monoisotopic (exact) mass is 346 g/mol. The number of amides is 2. The number of carbonyl (C=O) groups excluding carboxylic acids is 1. The summed E-state index contributed by atoms with van der Waals surface area (Å²) in [6.45, 7) is 4.91. The van der Waals surface area contributed by atoms with Crippen molar-refractivity contribution in [2.75, 3.05) is 23.4 Å². The first-order valence-corrected chi connectivity index (χ1v) is 8.22. The van der Waals surface area contributed by atoms with Crippen LogP contribution in [0.2, 0.25) is 5.02 Å². The lowest BCUT2D eigenvalue weighted by molar-refractivity contribution is 0.208. The minimum atomic E-state index is -0.224. The zero-order valence-electron chi connectivity index (χ0n) is 13.6. The van der Waals surface area contributed by atoms with E-state index in [1.165, 1.54) is 0 Å². The van der Waals surface area contributed by atoms with Crippen LogP contribution < -0.4 is 19.7 Å². The Kier molecular flexibility index (Phi) is 4.81. The van der Waals surface area contributed by atoms with Gasteiger partial charge < -0.3 is 14.8 Å². The van der Waals surface area contributed by atoms with Crippen LogP contribution in [-0.4, -0.2) is 25.3 Å². The summed E-state index contributed by atoms with van der Waals surface area (Å²) in [7, 11) is 0. The largest absolute Gasteiger partial charge is 0.494 e. The van der Waals surface area contributed by atoms with Crippen molar-refractivity contribution >= 4 is 29.0 Å². The molecule has 3 rings (SSSR count). The quantitative estimate of drug-likeness (QED) is 0.886. The number of rotatable bonds is 3. The molecule has 1 heterocycles. The summed E-state index contributed by atoms with van der Waals surface area (Å²) in [5.41, 5.74) is 1.37. The topological polar surface area (TPSA) is 50.8 Å². The highest BCUT2D eigenvalue weighted by molar-refractivity contribution is 6.31. The Morgan fingerprint density at radius 2 is 2.08 bits per heavy atom. The fraction of sp³-hybridized carbons (Fsp3) is 0.278. The highest BCUT2D eigenvalue weighted by Crippen LogP contribution is 2.36. The Morgan fingerprint density at radius 3 is 2.79 bits per heavy atom. The van der Waals surface area contributed by atoms with E-state index in [1.807, 2.05) is 38.1 Å². The third-order valence-corrected chi connectivity index (χ3v) is 3.88. The molecule has 24 heavy (non-hydrogen) atoms. The third-order valence-electron chi connectivity index (χ3n) is 3.64. The highest BCUT2D eigenvalue weighted by atomic mass is 35.5. The van der Waals surface area contributed by atoms with Gasteiger partial charge in [-0.1, -0.05) is 11.6 Å². The van der Waals surface area contributed by atoms with Crippen LogP contribution in [0, 0.1) is 0 Å². The fourth-order valence-electron chi connectivity index (χ4n) is 2.60. The number of carbonyl (C=O) groups is 1. The van der Waals surface area contributed by atoms with Crippen LogP contribution in [0.3, 0.4) is 0 Å². The first kappa shape index (κ1) is 16.5. The van der Waals surface area contributed by atoms with Gasteiger partial charge in [0.05, 0.1) is 18.8 Å². The van der Waals surface area contributed by atoms with Gasteiger partial charge in [-0.2, -0.15) is 0 Å². The van der Waals surface area contributed by atoms with Crippen molar-refractivity contribution in [1.29, 1.82) is 0 Å². The van der Waals surface area contributed by atoms with Crippen LogP contribution in [0.1, 0.15) is 13.8 Å². The van der Waals surface area contributed by atoms with Crippen LogP contribution in [0.5, 0.6) is 11.5 Å². The Bertz CT molecular complexity index is 734. The lowest BCUT2D eigenvalue weighted by atomic mass is 10.2. The van der Waals surface area contributed by atoms with Crippen molar-refractivity contribution in [3.05, 3.63) is 47.5 Å². The highest BCUT2D eigenvalue weighted by Gasteiger charge is 2.28. The maximum Gasteiger partial charge on any atom is 0.326 e. The number of hydrogen-bond donors (Lipinski definition) is 1. The molecule has 126 valence electrons. The first-order valence-electron chi connectivity index (χ1n) is 7.84. The summed E-state index contributed by atoms with van der Waals surface area (Å²) in [4.78, 5) is 14.3. The minimum Gasteiger partial charge on any atom is -0.494 e. The maximum atomic E-state index is 12.7. The average Bonchev–Trinajstić information content (AvgIpc) is 2.56. The van der Waals surface area contributed by atoms with E-state index in [2.05, 4.69) is 5.32 Å². The van der Waals surface area contributed by atoms with Gasteiger partial charge >= 0.3 is 6.03 Å². The third kappa shape index (κ3) is 3.57. The van der Waals surface area contributed by atoms with E-state index in [0.29, 0.717) is 35.3 Å². The number of anilines is 2. The van der Waals surface area contributed by atoms with Gasteiger partial charge in [0.1, 0.15) is 17.6 Å². The molecular weight excluding hydrogens is 328 g/mol. The van der Waals surface area contributed by atoms with Crippen molar-refractivity contribution in [3.8, 4) is 11.5 Å². The molecule has 0 saturated heterocycles. The number of nitrogens with one attached hydrogen (secondary N) is 1. The smallest absolute Gasteiger partial charge is 0.326 e. The molecule has 5 nitrogen and oxygen atoms in total. The van der Waals surface area contributed by atoms with Crippen LogP contribution >= 0.6 is 11.6 Å². The summed E-state index contributed by atoms with van der Waals surface area (Å²) >= 11 is 6.06. The molecule has 1 atom stereocenters. The molecule has 0 spiro atoms. The first-order chi connectivity index (χ1) is 11.6. The number of ether oxygens (including phenoxy) is 2. The van der Waals surface area contributed by atoms with E-state index < -0.39 is 0 Å². The number of halogens is 1. The van der Waals surface area contributed by atoms with Crippen molar-refractivity contribution in [1.82, 2.24) is 0 Å². The predicted molar refractivity (Wildman–Crippen MR) is 95.5 cm³/mol. The molecule has 0 aliphatic carbocycles. The van der Waals surface area contributed by atoms with E-state index in [0.717, 1.165) is 5.75 Å². The zero-order chi connectivity index (χ0) is 17.1. The molecule has 1 unspecified atom stereocenters. The number of fused-ring (bicyclic) bond motifs is 1. The Morgan fingerprint density at radius 1 is 1.33 bits per heavy atom. The molecule has 1 aliphatic rings. The second-order valence-corrected chi connectivity index (χ2v) is 5.98. The van der Waals surface area contributed by atoms with Crippen LogP contribution in [0.15, 0.2) is 42.5 Å². The van der Waals surface area contributed by atoms with E-state index in [1.54, 1.807) is 23.1 Å². The van der Waals surface area contributed by atoms with Gasteiger partial charge in [-0.15, -0.1) is 0 Å². The molecule has 0 saturated carbocycles. The number of urea groups is 1. The van der Waals surface area contributed by atoms with Crippen LogP contribution in [-0.2, 0) is 0 Å². The van der Waals surface area contributed by atoms with Crippen LogP contribution in [0.25, 0.3) is 0 Å². The van der Waals surface area contributed by atoms with Gasteiger partial charge in [0.2, 0.25) is 0 Å². The van der Waals surface area contributed by atoms with Gasteiger partial charge in [0, 0.05) is 10.7 Å². The van der Waals surface area contributed by atoms with E-state index in [-0.39, 0.29) is 12.1 Å². The Hall–Kier alpha value is -2.40. The summed E-state index contributed by atoms with van der Waals surface area (Å²) in [6.07, 6.45) is -0.0928. The SMILES string of the molecule is CCOc1ccc(NC(=O)N2CC(C)Oc3ccc(Cl)cc32)cc1. The fourth-order valence-corrected chi connectivity index (χ4v) is 2.76. The molecule has 0 fully saturated rings. The van der Waals surface area contributed by atoms with Gasteiger partial charge in [0.15, 0.2) is 0 Å². The van der Waals surface area contributed by atoms with Crippen molar-refractivity contribution in [2.24, 2.45) is 0 Å². The second kappa shape index (κ2) is 7.01. The molecule has 0 aromatic heterocycles. The normalized spacial score (nSPS) is 16.1. The summed E-state index contributed by atoms with van der Waals surface area (Å²) in [6, 6.07) is 12.3. The van der Waals surface area contributed by atoms with Crippen molar-refractivity contribution < 1.29 is 14.3 Å². The molecule has 0 radical (unpaired) electrons. The van der Waals surface area contributed by atoms with Gasteiger partial charge in [0.25, 0.3) is 0 Å². The molecule has 2 amide bonds. The lowest BCUT2D eigenvalue weighted by Crippen LogP contribution is -2.44. The molecular formula is C18H19ClN2O3. The summed E-state index contributed by atoms with van der Waals surface area (Å²) in [5.74, 6) is 1.42. The molecule has 6 heteroatoms. The molecule has 1 aliphatic heterocycles. The Balaban J connectivity index is 1.78. The average molecular weight is 347 g/mol. The van der Waals surface area contributed by atoms with E-state index in [4.69, 9.17) is 21.1 Å². The van der Waals surface area contributed by atoms with Gasteiger partial charge in [-0.05, 0) is 56.3 Å². The molecule has 0 bridgehead atoms. The maximum absolute atomic E-state index is 12.7. The number of nitrogens with zero attached hydrogens (tertiary/aromatic N) is 1. The van der Waals surface area contributed by atoms with E-state index >= 15 is 0 Å². The summed E-state index contributed by atoms with van der Waals surface area (Å²) in [5, 5.41) is 3.46. The standard InChI is InChI=1S/C18H19ClN2O3/c1-3-23-15-7-5-14(6-8-15)20-18(22)21-11-12(2)24-17-9-4-13(19)10-16(17)21/h4-10,12H,3,11H2,1-2H3,(H,20,22). The summed E-state index contributed by atoms with van der Waals surface area (Å²) < 4.78 is 11.2. The van der Waals surface area contributed by atoms with Gasteiger partial charge in [-0.25, -0.2) is 4.79 Å². The van der Waals surface area contributed by atoms with Gasteiger partial charge in [-0.3, -0.25) is 4.90 Å².